The average Bonchev–Trinajstić information content (AvgIpc) is 2.81. The van der Waals surface area contributed by atoms with Crippen LogP contribution in [-0.2, 0) is 13.0 Å². The lowest BCUT2D eigenvalue weighted by Gasteiger charge is -2.13. The first-order valence-corrected chi connectivity index (χ1v) is 7.50. The number of hydrogen-bond acceptors (Lipinski definition) is 4. The van der Waals surface area contributed by atoms with Crippen LogP contribution in [0.15, 0.2) is 12.1 Å². The minimum Gasteiger partial charge on any atom is -0.493 e. The van der Waals surface area contributed by atoms with E-state index in [1.165, 1.54) is 0 Å². The van der Waals surface area contributed by atoms with Crippen molar-refractivity contribution in [2.45, 2.75) is 33.7 Å². The second-order valence-electron chi connectivity index (χ2n) is 5.96. The highest BCUT2D eigenvalue weighted by Crippen LogP contribution is 2.33. The van der Waals surface area contributed by atoms with Gasteiger partial charge in [-0.05, 0) is 12.8 Å². The lowest BCUT2D eigenvalue weighted by molar-refractivity contribution is 0.355. The van der Waals surface area contributed by atoms with Crippen molar-refractivity contribution in [3.8, 4) is 17.6 Å². The fourth-order valence-electron chi connectivity index (χ4n) is 2.54. The zero-order valence-electron chi connectivity index (χ0n) is 13.9. The first-order valence-electron chi connectivity index (χ1n) is 7.50. The molecule has 0 spiro atoms. The number of methoxy groups -OCH3 is 2. The molecule has 0 aliphatic heterocycles. The number of nitriles is 1. The molecule has 5 nitrogen and oxygen atoms in total. The van der Waals surface area contributed by atoms with Crippen LogP contribution in [0.25, 0.3) is 11.0 Å². The van der Waals surface area contributed by atoms with Crippen molar-refractivity contribution in [1.29, 1.82) is 5.26 Å². The van der Waals surface area contributed by atoms with Gasteiger partial charge in [-0.3, -0.25) is 0 Å². The van der Waals surface area contributed by atoms with Gasteiger partial charge in [0.25, 0.3) is 0 Å². The van der Waals surface area contributed by atoms with E-state index in [-0.39, 0.29) is 5.92 Å². The number of nitrogens with zero attached hydrogens (tertiary/aromatic N) is 3. The molecule has 1 atom stereocenters. The summed E-state index contributed by atoms with van der Waals surface area (Å²) in [4.78, 5) is 4.74. The summed E-state index contributed by atoms with van der Waals surface area (Å²) in [7, 11) is 3.24. The third-order valence-electron chi connectivity index (χ3n) is 3.60. The molecule has 2 rings (SSSR count). The summed E-state index contributed by atoms with van der Waals surface area (Å²) in [6.07, 6.45) is 0.872. The number of fused-ring (bicyclic) bond motifs is 1. The highest BCUT2D eigenvalue weighted by Gasteiger charge is 2.17. The predicted molar refractivity (Wildman–Crippen MR) is 86.2 cm³/mol. The summed E-state index contributed by atoms with van der Waals surface area (Å²) >= 11 is 0. The minimum absolute atomic E-state index is 0.0728. The van der Waals surface area contributed by atoms with E-state index in [0.717, 1.165) is 23.3 Å². The summed E-state index contributed by atoms with van der Waals surface area (Å²) in [5, 5.41) is 9.13. The van der Waals surface area contributed by atoms with Crippen molar-refractivity contribution < 1.29 is 9.47 Å². The van der Waals surface area contributed by atoms with Crippen molar-refractivity contribution in [2.75, 3.05) is 14.2 Å². The maximum Gasteiger partial charge on any atom is 0.163 e. The molecule has 22 heavy (non-hydrogen) atoms. The van der Waals surface area contributed by atoms with E-state index < -0.39 is 0 Å². The minimum atomic E-state index is -0.0728. The van der Waals surface area contributed by atoms with Gasteiger partial charge in [0.1, 0.15) is 5.82 Å². The number of ether oxygens (including phenoxy) is 2. The van der Waals surface area contributed by atoms with Crippen molar-refractivity contribution >= 4 is 11.0 Å². The quantitative estimate of drug-likeness (QED) is 0.820. The van der Waals surface area contributed by atoms with Gasteiger partial charge in [0.15, 0.2) is 11.5 Å². The normalized spacial score (nSPS) is 12.4. The standard InChI is InChI=1S/C17H23N3O2/c1-11(2)6-17-19-13-7-15(21-4)16(22-5)8-14(13)20(17)10-12(3)9-18/h7-8,11-12H,6,10H2,1-5H3. The number of aromatic nitrogens is 2. The molecule has 0 radical (unpaired) electrons. The van der Waals surface area contributed by atoms with E-state index in [0.29, 0.717) is 24.0 Å². The summed E-state index contributed by atoms with van der Waals surface area (Å²) in [5.74, 6) is 2.77. The molecule has 1 heterocycles. The Balaban J connectivity index is 2.61. The second-order valence-corrected chi connectivity index (χ2v) is 5.96. The van der Waals surface area contributed by atoms with E-state index >= 15 is 0 Å². The Hall–Kier alpha value is -2.22. The molecule has 2 aromatic rings. The number of rotatable bonds is 6. The molecule has 0 fully saturated rings. The van der Waals surface area contributed by atoms with Gasteiger partial charge >= 0.3 is 0 Å². The van der Waals surface area contributed by atoms with Crippen LogP contribution in [0.5, 0.6) is 11.5 Å². The SMILES string of the molecule is COc1cc2nc(CC(C)C)n(CC(C)C#N)c2cc1OC. The molecule has 0 bridgehead atoms. The van der Waals surface area contributed by atoms with Gasteiger partial charge in [-0.25, -0.2) is 4.98 Å². The highest BCUT2D eigenvalue weighted by molar-refractivity contribution is 5.80. The Morgan fingerprint density at radius 2 is 1.82 bits per heavy atom. The van der Waals surface area contributed by atoms with E-state index in [4.69, 9.17) is 19.7 Å². The molecule has 1 unspecified atom stereocenters. The summed E-state index contributed by atoms with van der Waals surface area (Å²) in [5.41, 5.74) is 1.86. The zero-order chi connectivity index (χ0) is 16.3. The van der Waals surface area contributed by atoms with Gasteiger partial charge in [0, 0.05) is 25.1 Å². The number of benzene rings is 1. The fourth-order valence-corrected chi connectivity index (χ4v) is 2.54. The van der Waals surface area contributed by atoms with E-state index in [2.05, 4.69) is 24.5 Å². The van der Waals surface area contributed by atoms with Gasteiger partial charge in [0.05, 0.1) is 37.2 Å². The smallest absolute Gasteiger partial charge is 0.163 e. The summed E-state index contributed by atoms with van der Waals surface area (Å²) < 4.78 is 12.9. The molecule has 0 amide bonds. The number of hydrogen-bond donors (Lipinski definition) is 0. The van der Waals surface area contributed by atoms with Crippen molar-refractivity contribution in [2.24, 2.45) is 11.8 Å². The third-order valence-corrected chi connectivity index (χ3v) is 3.60. The first kappa shape index (κ1) is 16.2. The van der Waals surface area contributed by atoms with Crippen LogP contribution in [-0.4, -0.2) is 23.8 Å². The van der Waals surface area contributed by atoms with Crippen LogP contribution in [0.1, 0.15) is 26.6 Å². The van der Waals surface area contributed by atoms with E-state index in [1.807, 2.05) is 19.1 Å². The second kappa shape index (κ2) is 6.69. The predicted octanol–water partition coefficient (Wildman–Crippen LogP) is 3.41. The van der Waals surface area contributed by atoms with Gasteiger partial charge in [0.2, 0.25) is 0 Å². The van der Waals surface area contributed by atoms with Crippen molar-refractivity contribution in [1.82, 2.24) is 9.55 Å². The van der Waals surface area contributed by atoms with E-state index in [9.17, 15) is 0 Å². The van der Waals surface area contributed by atoms with Gasteiger partial charge in [-0.15, -0.1) is 0 Å². The van der Waals surface area contributed by atoms with Crippen molar-refractivity contribution in [3.05, 3.63) is 18.0 Å². The number of imidazole rings is 1. The van der Waals surface area contributed by atoms with Gasteiger partial charge in [-0.1, -0.05) is 13.8 Å². The molecule has 0 aliphatic rings. The molecular weight excluding hydrogens is 278 g/mol. The van der Waals surface area contributed by atoms with Crippen LogP contribution in [0.2, 0.25) is 0 Å². The van der Waals surface area contributed by atoms with Gasteiger partial charge in [-0.2, -0.15) is 5.26 Å². The lowest BCUT2D eigenvalue weighted by Crippen LogP contribution is -2.11. The van der Waals surface area contributed by atoms with Gasteiger partial charge < -0.3 is 14.0 Å². The Labute approximate surface area is 131 Å². The largest absolute Gasteiger partial charge is 0.493 e. The fraction of sp³-hybridized carbons (Fsp3) is 0.529. The van der Waals surface area contributed by atoms with Crippen LogP contribution in [0.3, 0.4) is 0 Å². The van der Waals surface area contributed by atoms with Crippen LogP contribution in [0, 0.1) is 23.2 Å². The average molecular weight is 301 g/mol. The first-order chi connectivity index (χ1) is 10.5. The summed E-state index contributed by atoms with van der Waals surface area (Å²) in [6, 6.07) is 6.13. The highest BCUT2D eigenvalue weighted by atomic mass is 16.5. The monoisotopic (exact) mass is 301 g/mol. The maximum absolute atomic E-state index is 9.13. The third kappa shape index (κ3) is 3.16. The Kier molecular flexibility index (Phi) is 4.92. The molecule has 1 aromatic carbocycles. The molecule has 0 aliphatic carbocycles. The maximum atomic E-state index is 9.13. The molecule has 0 N–H and O–H groups in total. The molecule has 0 saturated heterocycles. The van der Waals surface area contributed by atoms with Crippen LogP contribution < -0.4 is 9.47 Å². The topological polar surface area (TPSA) is 60.1 Å². The van der Waals surface area contributed by atoms with Crippen LogP contribution in [0.4, 0.5) is 0 Å². The van der Waals surface area contributed by atoms with E-state index in [1.54, 1.807) is 14.2 Å². The Bertz CT molecular complexity index is 698. The zero-order valence-corrected chi connectivity index (χ0v) is 13.9. The summed E-state index contributed by atoms with van der Waals surface area (Å²) in [6.45, 7) is 6.88. The van der Waals surface area contributed by atoms with Crippen molar-refractivity contribution in [3.63, 3.8) is 0 Å². The molecule has 1 aromatic heterocycles. The molecular formula is C17H23N3O2. The van der Waals surface area contributed by atoms with Crippen LogP contribution >= 0.6 is 0 Å². The Morgan fingerprint density at radius 3 is 2.36 bits per heavy atom. The molecule has 118 valence electrons. The lowest BCUT2D eigenvalue weighted by atomic mass is 10.1. The molecule has 5 heteroatoms. The molecule has 0 saturated carbocycles. The Morgan fingerprint density at radius 1 is 1.18 bits per heavy atom.